The van der Waals surface area contributed by atoms with Gasteiger partial charge in [0, 0.05) is 20.0 Å². The first kappa shape index (κ1) is 18.5. The molecule has 2 aromatic rings. The minimum absolute atomic E-state index is 0.00359. The van der Waals surface area contributed by atoms with Crippen molar-refractivity contribution in [2.24, 2.45) is 0 Å². The second kappa shape index (κ2) is 10.1. The van der Waals surface area contributed by atoms with E-state index in [1.165, 1.54) is 6.92 Å². The second-order valence-corrected chi connectivity index (χ2v) is 5.72. The SMILES string of the molecule is CC(=O)NCCCCNC(=O)COc1ccc(-c2ccccc2)cc1. The number of amides is 2. The molecule has 0 unspecified atom stereocenters. The van der Waals surface area contributed by atoms with Crippen LogP contribution >= 0.6 is 0 Å². The fraction of sp³-hybridized carbons (Fsp3) is 0.300. The van der Waals surface area contributed by atoms with Gasteiger partial charge in [-0.1, -0.05) is 42.5 Å². The molecule has 0 saturated heterocycles. The predicted molar refractivity (Wildman–Crippen MR) is 98.3 cm³/mol. The molecule has 2 N–H and O–H groups in total. The molecule has 0 atom stereocenters. The van der Waals surface area contributed by atoms with Gasteiger partial charge in [-0.15, -0.1) is 0 Å². The molecule has 0 radical (unpaired) electrons. The second-order valence-electron chi connectivity index (χ2n) is 5.72. The summed E-state index contributed by atoms with van der Waals surface area (Å²) in [5, 5.41) is 5.52. The number of unbranched alkanes of at least 4 members (excludes halogenated alkanes) is 1. The molecule has 0 aliphatic heterocycles. The Morgan fingerprint density at radius 2 is 1.44 bits per heavy atom. The third-order valence-corrected chi connectivity index (χ3v) is 3.63. The summed E-state index contributed by atoms with van der Waals surface area (Å²) >= 11 is 0. The zero-order valence-electron chi connectivity index (χ0n) is 14.5. The average molecular weight is 340 g/mol. The highest BCUT2D eigenvalue weighted by Crippen LogP contribution is 2.21. The quantitative estimate of drug-likeness (QED) is 0.690. The summed E-state index contributed by atoms with van der Waals surface area (Å²) < 4.78 is 5.50. The van der Waals surface area contributed by atoms with E-state index in [0.29, 0.717) is 18.8 Å². The van der Waals surface area contributed by atoms with Crippen LogP contribution in [0.1, 0.15) is 19.8 Å². The molecular formula is C20H24N2O3. The van der Waals surface area contributed by atoms with Crippen molar-refractivity contribution < 1.29 is 14.3 Å². The maximum Gasteiger partial charge on any atom is 0.257 e. The number of benzene rings is 2. The van der Waals surface area contributed by atoms with Gasteiger partial charge < -0.3 is 15.4 Å². The largest absolute Gasteiger partial charge is 0.484 e. The fourth-order valence-electron chi connectivity index (χ4n) is 2.32. The van der Waals surface area contributed by atoms with Crippen molar-refractivity contribution in [1.29, 1.82) is 0 Å². The van der Waals surface area contributed by atoms with Gasteiger partial charge >= 0.3 is 0 Å². The van der Waals surface area contributed by atoms with Crippen LogP contribution in [-0.4, -0.2) is 31.5 Å². The van der Waals surface area contributed by atoms with Gasteiger partial charge in [0.1, 0.15) is 5.75 Å². The van der Waals surface area contributed by atoms with Crippen LogP contribution in [0.2, 0.25) is 0 Å². The van der Waals surface area contributed by atoms with E-state index >= 15 is 0 Å². The third kappa shape index (κ3) is 7.08. The van der Waals surface area contributed by atoms with E-state index in [1.54, 1.807) is 0 Å². The smallest absolute Gasteiger partial charge is 0.257 e. The monoisotopic (exact) mass is 340 g/mol. The Kier molecular flexibility index (Phi) is 7.50. The summed E-state index contributed by atoms with van der Waals surface area (Å²) in [6.07, 6.45) is 1.65. The molecule has 0 spiro atoms. The molecule has 5 nitrogen and oxygen atoms in total. The molecule has 25 heavy (non-hydrogen) atoms. The molecule has 0 aliphatic carbocycles. The fourth-order valence-corrected chi connectivity index (χ4v) is 2.32. The lowest BCUT2D eigenvalue weighted by Gasteiger charge is -2.08. The Morgan fingerprint density at radius 1 is 0.840 bits per heavy atom. The van der Waals surface area contributed by atoms with Crippen molar-refractivity contribution in [3.05, 3.63) is 54.6 Å². The summed E-state index contributed by atoms with van der Waals surface area (Å²) in [4.78, 5) is 22.4. The number of hydrogen-bond donors (Lipinski definition) is 2. The first-order valence-electron chi connectivity index (χ1n) is 8.44. The van der Waals surface area contributed by atoms with Gasteiger partial charge in [0.2, 0.25) is 5.91 Å². The van der Waals surface area contributed by atoms with Crippen molar-refractivity contribution in [1.82, 2.24) is 10.6 Å². The van der Waals surface area contributed by atoms with E-state index in [9.17, 15) is 9.59 Å². The summed E-state index contributed by atoms with van der Waals surface area (Å²) in [6.45, 7) is 2.70. The van der Waals surface area contributed by atoms with Crippen LogP contribution in [-0.2, 0) is 9.59 Å². The lowest BCUT2D eigenvalue weighted by Crippen LogP contribution is -2.30. The molecule has 5 heteroatoms. The van der Waals surface area contributed by atoms with Crippen LogP contribution in [0.15, 0.2) is 54.6 Å². The van der Waals surface area contributed by atoms with E-state index in [2.05, 4.69) is 22.8 Å². The summed E-state index contributed by atoms with van der Waals surface area (Å²) in [6, 6.07) is 17.8. The van der Waals surface area contributed by atoms with Gasteiger partial charge in [0.05, 0.1) is 0 Å². The van der Waals surface area contributed by atoms with Crippen LogP contribution in [0.25, 0.3) is 11.1 Å². The van der Waals surface area contributed by atoms with Gasteiger partial charge in [-0.2, -0.15) is 0 Å². The number of carbonyl (C=O) groups excluding carboxylic acids is 2. The Morgan fingerprint density at radius 3 is 2.08 bits per heavy atom. The molecule has 132 valence electrons. The van der Waals surface area contributed by atoms with E-state index < -0.39 is 0 Å². The molecule has 0 aliphatic rings. The summed E-state index contributed by atoms with van der Waals surface area (Å²) in [5.74, 6) is 0.489. The zero-order chi connectivity index (χ0) is 17.9. The first-order chi connectivity index (χ1) is 12.1. The lowest BCUT2D eigenvalue weighted by molar-refractivity contribution is -0.123. The highest BCUT2D eigenvalue weighted by atomic mass is 16.5. The van der Waals surface area contributed by atoms with Crippen molar-refractivity contribution in [2.45, 2.75) is 19.8 Å². The number of hydrogen-bond acceptors (Lipinski definition) is 3. The molecule has 2 aromatic carbocycles. The van der Waals surface area contributed by atoms with E-state index in [0.717, 1.165) is 24.0 Å². The Balaban J connectivity index is 1.65. The standard InChI is InChI=1S/C20H24N2O3/c1-16(23)21-13-5-6-14-22-20(24)15-25-19-11-9-18(10-12-19)17-7-3-2-4-8-17/h2-4,7-12H,5-6,13-15H2,1H3,(H,21,23)(H,22,24). The van der Waals surface area contributed by atoms with Crippen LogP contribution in [0.3, 0.4) is 0 Å². The number of carbonyl (C=O) groups is 2. The first-order valence-corrected chi connectivity index (χ1v) is 8.44. The molecule has 2 amide bonds. The minimum atomic E-state index is -0.147. The van der Waals surface area contributed by atoms with Crippen LogP contribution in [0, 0.1) is 0 Å². The van der Waals surface area contributed by atoms with Gasteiger partial charge in [0.25, 0.3) is 5.91 Å². The van der Waals surface area contributed by atoms with E-state index in [-0.39, 0.29) is 18.4 Å². The highest BCUT2D eigenvalue weighted by Gasteiger charge is 2.03. The Bertz CT molecular complexity index is 669. The van der Waals surface area contributed by atoms with Crippen molar-refractivity contribution in [2.75, 3.05) is 19.7 Å². The molecule has 0 heterocycles. The van der Waals surface area contributed by atoms with Gasteiger partial charge in [-0.25, -0.2) is 0 Å². The van der Waals surface area contributed by atoms with Crippen LogP contribution in [0.5, 0.6) is 5.75 Å². The number of nitrogens with one attached hydrogen (secondary N) is 2. The lowest BCUT2D eigenvalue weighted by atomic mass is 10.1. The predicted octanol–water partition coefficient (Wildman–Crippen LogP) is 2.76. The van der Waals surface area contributed by atoms with Crippen LogP contribution in [0.4, 0.5) is 0 Å². The molecule has 0 saturated carbocycles. The van der Waals surface area contributed by atoms with Crippen LogP contribution < -0.4 is 15.4 Å². The normalized spacial score (nSPS) is 10.1. The third-order valence-electron chi connectivity index (χ3n) is 3.63. The molecule has 0 fully saturated rings. The molecule has 0 bridgehead atoms. The Hall–Kier alpha value is -2.82. The topological polar surface area (TPSA) is 67.4 Å². The number of ether oxygens (including phenoxy) is 1. The van der Waals surface area contributed by atoms with Gasteiger partial charge in [-0.3, -0.25) is 9.59 Å². The Labute approximate surface area is 148 Å². The van der Waals surface area contributed by atoms with E-state index in [1.807, 2.05) is 42.5 Å². The van der Waals surface area contributed by atoms with E-state index in [4.69, 9.17) is 4.74 Å². The van der Waals surface area contributed by atoms with Crippen molar-refractivity contribution in [3.8, 4) is 16.9 Å². The van der Waals surface area contributed by atoms with Gasteiger partial charge in [-0.05, 0) is 36.1 Å². The minimum Gasteiger partial charge on any atom is -0.484 e. The zero-order valence-corrected chi connectivity index (χ0v) is 14.5. The summed E-state index contributed by atoms with van der Waals surface area (Å²) in [5.41, 5.74) is 2.25. The van der Waals surface area contributed by atoms with Crippen molar-refractivity contribution in [3.63, 3.8) is 0 Å². The maximum atomic E-state index is 11.7. The summed E-state index contributed by atoms with van der Waals surface area (Å²) in [7, 11) is 0. The number of rotatable bonds is 9. The molecular weight excluding hydrogens is 316 g/mol. The molecule has 2 rings (SSSR count). The highest BCUT2D eigenvalue weighted by molar-refractivity contribution is 5.77. The van der Waals surface area contributed by atoms with Crippen molar-refractivity contribution >= 4 is 11.8 Å². The van der Waals surface area contributed by atoms with Gasteiger partial charge in [0.15, 0.2) is 6.61 Å². The maximum absolute atomic E-state index is 11.7. The average Bonchev–Trinajstić information content (AvgIpc) is 2.64. The molecule has 0 aromatic heterocycles.